The highest BCUT2D eigenvalue weighted by molar-refractivity contribution is 6.31. The quantitative estimate of drug-likeness (QED) is 0.756. The Labute approximate surface area is 102 Å². The van der Waals surface area contributed by atoms with Crippen LogP contribution in [0.15, 0.2) is 35.1 Å². The fourth-order valence-corrected chi connectivity index (χ4v) is 1.94. The molecule has 0 aliphatic heterocycles. The molecule has 3 aromatic rings. The van der Waals surface area contributed by atoms with Gasteiger partial charge in [0, 0.05) is 11.1 Å². The summed E-state index contributed by atoms with van der Waals surface area (Å²) in [6, 6.07) is 7.28. The molecule has 6 heteroatoms. The Morgan fingerprint density at radius 2 is 2.24 bits per heavy atom. The summed E-state index contributed by atoms with van der Waals surface area (Å²) in [6.07, 6.45) is 1.53. The maximum Gasteiger partial charge on any atom is 0.201 e. The van der Waals surface area contributed by atoms with Crippen molar-refractivity contribution in [1.29, 1.82) is 0 Å². The van der Waals surface area contributed by atoms with Gasteiger partial charge in [0.25, 0.3) is 0 Å². The number of imidazole rings is 1. The molecule has 0 bridgehead atoms. The third kappa shape index (κ3) is 1.74. The zero-order valence-electron chi connectivity index (χ0n) is 8.80. The molecule has 1 aromatic carbocycles. The highest BCUT2D eigenvalue weighted by Gasteiger charge is 2.09. The molecule has 0 spiro atoms. The first kappa shape index (κ1) is 10.2. The van der Waals surface area contributed by atoms with Crippen molar-refractivity contribution in [3.63, 3.8) is 0 Å². The molecular formula is C11H9ClN4O. The second-order valence-corrected chi connectivity index (χ2v) is 4.12. The topological polar surface area (TPSA) is 69.9 Å². The van der Waals surface area contributed by atoms with E-state index < -0.39 is 0 Å². The number of halogens is 1. The Morgan fingerprint density at radius 3 is 3.00 bits per heavy atom. The van der Waals surface area contributed by atoms with Gasteiger partial charge in [-0.05, 0) is 18.2 Å². The summed E-state index contributed by atoms with van der Waals surface area (Å²) in [7, 11) is 0. The van der Waals surface area contributed by atoms with Crippen molar-refractivity contribution < 1.29 is 4.52 Å². The van der Waals surface area contributed by atoms with Gasteiger partial charge >= 0.3 is 0 Å². The van der Waals surface area contributed by atoms with Crippen LogP contribution in [-0.4, -0.2) is 14.7 Å². The van der Waals surface area contributed by atoms with Crippen LogP contribution in [0.25, 0.3) is 11.0 Å². The second-order valence-electron chi connectivity index (χ2n) is 3.68. The molecule has 0 amide bonds. The average molecular weight is 249 g/mol. The highest BCUT2D eigenvalue weighted by Crippen LogP contribution is 2.22. The fourth-order valence-electron chi connectivity index (χ4n) is 1.77. The van der Waals surface area contributed by atoms with Gasteiger partial charge in [0.05, 0.1) is 17.6 Å². The minimum Gasteiger partial charge on any atom is -0.369 e. The van der Waals surface area contributed by atoms with Crippen molar-refractivity contribution in [3.8, 4) is 0 Å². The van der Waals surface area contributed by atoms with Crippen LogP contribution in [0.5, 0.6) is 0 Å². The molecule has 2 aromatic heterocycles. The van der Waals surface area contributed by atoms with Gasteiger partial charge in [0.1, 0.15) is 12.0 Å². The van der Waals surface area contributed by atoms with Crippen molar-refractivity contribution in [3.05, 3.63) is 41.2 Å². The maximum atomic E-state index is 5.91. The SMILES string of the molecule is Nc1nc2cc(Cl)ccc2n1Cc1ccon1. The smallest absolute Gasteiger partial charge is 0.201 e. The first-order valence-corrected chi connectivity index (χ1v) is 5.42. The lowest BCUT2D eigenvalue weighted by molar-refractivity contribution is 0.410. The molecule has 2 heterocycles. The largest absolute Gasteiger partial charge is 0.369 e. The van der Waals surface area contributed by atoms with Gasteiger partial charge in [0.15, 0.2) is 0 Å². The average Bonchev–Trinajstić information content (AvgIpc) is 2.88. The molecule has 0 saturated carbocycles. The predicted octanol–water partition coefficient (Wildman–Crippen LogP) is 2.31. The Hall–Kier alpha value is -2.01. The summed E-state index contributed by atoms with van der Waals surface area (Å²) in [4.78, 5) is 4.25. The highest BCUT2D eigenvalue weighted by atomic mass is 35.5. The number of aromatic nitrogens is 3. The molecule has 5 nitrogen and oxygen atoms in total. The standard InChI is InChI=1S/C11H9ClN4O/c12-7-1-2-10-9(5-7)14-11(13)16(10)6-8-3-4-17-15-8/h1-5H,6H2,(H2,13,14). The summed E-state index contributed by atoms with van der Waals surface area (Å²) in [5.74, 6) is 0.435. The van der Waals surface area contributed by atoms with E-state index in [0.717, 1.165) is 16.7 Å². The molecule has 0 atom stereocenters. The number of nitrogens with two attached hydrogens (primary N) is 1. The van der Waals surface area contributed by atoms with Crippen molar-refractivity contribution in [2.24, 2.45) is 0 Å². The minimum atomic E-state index is 0.435. The van der Waals surface area contributed by atoms with Gasteiger partial charge in [-0.2, -0.15) is 0 Å². The van der Waals surface area contributed by atoms with E-state index in [1.807, 2.05) is 16.7 Å². The third-order valence-corrected chi connectivity index (χ3v) is 2.79. The summed E-state index contributed by atoms with van der Waals surface area (Å²) in [5, 5.41) is 4.49. The molecule has 0 radical (unpaired) electrons. The summed E-state index contributed by atoms with van der Waals surface area (Å²) >= 11 is 5.91. The Kier molecular flexibility index (Phi) is 2.26. The normalized spacial score (nSPS) is 11.1. The van der Waals surface area contributed by atoms with Crippen LogP contribution < -0.4 is 5.73 Å². The van der Waals surface area contributed by atoms with E-state index in [2.05, 4.69) is 10.1 Å². The molecule has 86 valence electrons. The Balaban J connectivity index is 2.12. The van der Waals surface area contributed by atoms with Crippen LogP contribution >= 0.6 is 11.6 Å². The number of nitrogen functional groups attached to an aromatic ring is 1. The van der Waals surface area contributed by atoms with E-state index in [1.165, 1.54) is 6.26 Å². The van der Waals surface area contributed by atoms with E-state index in [4.69, 9.17) is 21.9 Å². The summed E-state index contributed by atoms with van der Waals surface area (Å²) in [6.45, 7) is 0.528. The fraction of sp³-hybridized carbons (Fsp3) is 0.0909. The molecule has 3 rings (SSSR count). The van der Waals surface area contributed by atoms with Crippen molar-refractivity contribution >= 4 is 28.6 Å². The number of rotatable bonds is 2. The first-order chi connectivity index (χ1) is 8.24. The number of fused-ring (bicyclic) bond motifs is 1. The van der Waals surface area contributed by atoms with Crippen LogP contribution in [0.4, 0.5) is 5.95 Å². The lowest BCUT2D eigenvalue weighted by atomic mass is 10.3. The van der Waals surface area contributed by atoms with Crippen LogP contribution in [0.2, 0.25) is 5.02 Å². The van der Waals surface area contributed by atoms with Crippen LogP contribution in [-0.2, 0) is 6.54 Å². The van der Waals surface area contributed by atoms with Crippen LogP contribution in [0.3, 0.4) is 0 Å². The van der Waals surface area contributed by atoms with E-state index in [0.29, 0.717) is 17.5 Å². The van der Waals surface area contributed by atoms with Crippen LogP contribution in [0.1, 0.15) is 5.69 Å². The van der Waals surface area contributed by atoms with Crippen molar-refractivity contribution in [2.75, 3.05) is 5.73 Å². The Bertz CT molecular complexity index is 659. The Morgan fingerprint density at radius 1 is 1.35 bits per heavy atom. The van der Waals surface area contributed by atoms with Gasteiger partial charge < -0.3 is 14.8 Å². The van der Waals surface area contributed by atoms with E-state index >= 15 is 0 Å². The molecule has 0 aliphatic rings. The molecular weight excluding hydrogens is 240 g/mol. The number of anilines is 1. The number of hydrogen-bond donors (Lipinski definition) is 1. The predicted molar refractivity (Wildman–Crippen MR) is 64.8 cm³/mol. The van der Waals surface area contributed by atoms with Gasteiger partial charge in [-0.3, -0.25) is 0 Å². The molecule has 17 heavy (non-hydrogen) atoms. The van der Waals surface area contributed by atoms with Crippen LogP contribution in [0, 0.1) is 0 Å². The molecule has 0 aliphatic carbocycles. The monoisotopic (exact) mass is 248 g/mol. The van der Waals surface area contributed by atoms with E-state index in [1.54, 1.807) is 12.1 Å². The molecule has 2 N–H and O–H groups in total. The third-order valence-electron chi connectivity index (χ3n) is 2.55. The van der Waals surface area contributed by atoms with E-state index in [9.17, 15) is 0 Å². The summed E-state index contributed by atoms with van der Waals surface area (Å²) < 4.78 is 6.65. The van der Waals surface area contributed by atoms with Gasteiger partial charge in [-0.1, -0.05) is 16.8 Å². The zero-order valence-corrected chi connectivity index (χ0v) is 9.55. The second kappa shape index (κ2) is 3.78. The van der Waals surface area contributed by atoms with E-state index in [-0.39, 0.29) is 0 Å². The lowest BCUT2D eigenvalue weighted by Crippen LogP contribution is -2.04. The number of nitrogens with zero attached hydrogens (tertiary/aromatic N) is 3. The van der Waals surface area contributed by atoms with Gasteiger partial charge in [0.2, 0.25) is 5.95 Å². The van der Waals surface area contributed by atoms with Gasteiger partial charge in [-0.15, -0.1) is 0 Å². The van der Waals surface area contributed by atoms with Gasteiger partial charge in [-0.25, -0.2) is 4.98 Å². The minimum absolute atomic E-state index is 0.435. The summed E-state index contributed by atoms with van der Waals surface area (Å²) in [5.41, 5.74) is 8.37. The van der Waals surface area contributed by atoms with Crippen molar-refractivity contribution in [1.82, 2.24) is 14.7 Å². The molecule has 0 unspecified atom stereocenters. The number of benzene rings is 1. The number of hydrogen-bond acceptors (Lipinski definition) is 4. The molecule has 0 saturated heterocycles. The van der Waals surface area contributed by atoms with Crippen molar-refractivity contribution in [2.45, 2.75) is 6.54 Å². The first-order valence-electron chi connectivity index (χ1n) is 5.04. The zero-order chi connectivity index (χ0) is 11.8. The lowest BCUT2D eigenvalue weighted by Gasteiger charge is -2.02. The molecule has 0 fully saturated rings. The maximum absolute atomic E-state index is 5.91.